The van der Waals surface area contributed by atoms with Gasteiger partial charge < -0.3 is 9.90 Å². The topological polar surface area (TPSA) is 37.3 Å². The highest BCUT2D eigenvalue weighted by atomic mass is 16.3. The first-order chi connectivity index (χ1) is 7.72. The molecule has 0 saturated heterocycles. The Morgan fingerprint density at radius 1 is 1.38 bits per heavy atom. The van der Waals surface area contributed by atoms with Crippen molar-refractivity contribution in [2.45, 2.75) is 37.5 Å². The van der Waals surface area contributed by atoms with E-state index in [1.165, 1.54) is 11.1 Å². The fourth-order valence-electron chi connectivity index (χ4n) is 2.13. The summed E-state index contributed by atoms with van der Waals surface area (Å²) in [5, 5.41) is 9.33. The van der Waals surface area contributed by atoms with Crippen molar-refractivity contribution < 1.29 is 9.90 Å². The molecular weight excluding hydrogens is 200 g/mol. The second kappa shape index (κ2) is 4.38. The normalized spacial score (nSPS) is 19.1. The van der Waals surface area contributed by atoms with E-state index in [1.54, 1.807) is 0 Å². The van der Waals surface area contributed by atoms with Gasteiger partial charge in [0.05, 0.1) is 6.61 Å². The number of hydrogen-bond donors (Lipinski definition) is 1. The second-order valence-corrected chi connectivity index (χ2v) is 4.86. The molecule has 0 aromatic heterocycles. The van der Waals surface area contributed by atoms with Gasteiger partial charge in [-0.1, -0.05) is 31.2 Å². The van der Waals surface area contributed by atoms with Crippen LogP contribution in [0.4, 0.5) is 0 Å². The monoisotopic (exact) mass is 218 g/mol. The molecule has 0 aliphatic heterocycles. The molecule has 2 heteroatoms. The molecule has 2 nitrogen and oxygen atoms in total. The maximum atomic E-state index is 10.4. The molecule has 0 bridgehead atoms. The third kappa shape index (κ3) is 2.03. The highest BCUT2D eigenvalue weighted by molar-refractivity contribution is 5.51. The summed E-state index contributed by atoms with van der Waals surface area (Å²) < 4.78 is 0. The van der Waals surface area contributed by atoms with Gasteiger partial charge in [0, 0.05) is 11.8 Å². The van der Waals surface area contributed by atoms with Crippen LogP contribution in [0.15, 0.2) is 24.3 Å². The number of carbonyl (C=O) groups excluding carboxylic acids is 1. The Morgan fingerprint density at radius 3 is 2.44 bits per heavy atom. The summed E-state index contributed by atoms with van der Waals surface area (Å²) in [6.07, 6.45) is 3.72. The quantitative estimate of drug-likeness (QED) is 0.770. The van der Waals surface area contributed by atoms with Gasteiger partial charge >= 0.3 is 0 Å². The van der Waals surface area contributed by atoms with Gasteiger partial charge in [0.1, 0.15) is 6.29 Å². The van der Waals surface area contributed by atoms with Gasteiger partial charge in [0.25, 0.3) is 0 Å². The average molecular weight is 218 g/mol. The van der Waals surface area contributed by atoms with Crippen LogP contribution in [0.25, 0.3) is 0 Å². The summed E-state index contributed by atoms with van der Waals surface area (Å²) in [7, 11) is 0. The number of hydrogen-bond acceptors (Lipinski definition) is 2. The summed E-state index contributed by atoms with van der Waals surface area (Å²) in [5.74, 6) is 0.288. The number of benzene rings is 1. The number of aliphatic hydroxyl groups excluding tert-OH is 1. The predicted octanol–water partition coefficient (Wildman–Crippen LogP) is 2.40. The minimum absolute atomic E-state index is 0.0480. The third-order valence-electron chi connectivity index (χ3n) is 3.70. The van der Waals surface area contributed by atoms with E-state index < -0.39 is 0 Å². The molecule has 2 rings (SSSR count). The van der Waals surface area contributed by atoms with Crippen LogP contribution in [-0.2, 0) is 10.2 Å². The van der Waals surface area contributed by atoms with E-state index in [0.29, 0.717) is 6.42 Å². The van der Waals surface area contributed by atoms with Crippen LogP contribution in [-0.4, -0.2) is 18.0 Å². The summed E-state index contributed by atoms with van der Waals surface area (Å²) in [6.45, 7) is 2.30. The Balaban J connectivity index is 2.13. The lowest BCUT2D eigenvalue weighted by Gasteiger charge is -2.14. The van der Waals surface area contributed by atoms with Crippen molar-refractivity contribution in [3.63, 3.8) is 0 Å². The molecule has 0 radical (unpaired) electrons. The molecule has 1 aromatic rings. The number of aldehydes is 1. The Hall–Kier alpha value is -1.15. The molecule has 0 spiro atoms. The van der Waals surface area contributed by atoms with Crippen LogP contribution in [0.2, 0.25) is 0 Å². The van der Waals surface area contributed by atoms with Gasteiger partial charge in [-0.25, -0.2) is 0 Å². The summed E-state index contributed by atoms with van der Waals surface area (Å²) in [5.41, 5.74) is 2.48. The number of rotatable bonds is 5. The van der Waals surface area contributed by atoms with Crippen LogP contribution in [0.3, 0.4) is 0 Å². The van der Waals surface area contributed by atoms with Crippen molar-refractivity contribution >= 4 is 6.29 Å². The van der Waals surface area contributed by atoms with Crippen molar-refractivity contribution in [2.24, 2.45) is 0 Å². The molecular formula is C14H18O2. The van der Waals surface area contributed by atoms with Gasteiger partial charge in [-0.2, -0.15) is 0 Å². The van der Waals surface area contributed by atoms with Gasteiger partial charge in [0.15, 0.2) is 0 Å². The van der Waals surface area contributed by atoms with E-state index in [4.69, 9.17) is 0 Å². The first-order valence-electron chi connectivity index (χ1n) is 5.87. The molecule has 1 aliphatic carbocycles. The molecule has 0 amide bonds. The van der Waals surface area contributed by atoms with Crippen LogP contribution < -0.4 is 0 Å². The number of aliphatic hydroxyl groups is 1. The lowest BCUT2D eigenvalue weighted by atomic mass is 9.92. The SMILES string of the molecule is CC(CC=O)c1ccc(C2(CO)CC2)cc1. The maximum Gasteiger partial charge on any atom is 0.120 e. The summed E-state index contributed by atoms with van der Waals surface area (Å²) >= 11 is 0. The zero-order valence-corrected chi connectivity index (χ0v) is 9.65. The third-order valence-corrected chi connectivity index (χ3v) is 3.70. The van der Waals surface area contributed by atoms with Crippen molar-refractivity contribution in [2.75, 3.05) is 6.61 Å². The fraction of sp³-hybridized carbons (Fsp3) is 0.500. The lowest BCUT2D eigenvalue weighted by molar-refractivity contribution is -0.108. The molecule has 1 N–H and O–H groups in total. The van der Waals surface area contributed by atoms with Gasteiger partial charge in [-0.05, 0) is 29.9 Å². The minimum atomic E-state index is 0.0480. The zero-order valence-electron chi connectivity index (χ0n) is 9.65. The zero-order chi connectivity index (χ0) is 11.6. The summed E-state index contributed by atoms with van der Waals surface area (Å²) in [6, 6.07) is 8.36. The molecule has 86 valence electrons. The summed E-state index contributed by atoms with van der Waals surface area (Å²) in [4.78, 5) is 10.4. The van der Waals surface area contributed by atoms with E-state index in [9.17, 15) is 9.90 Å². The van der Waals surface area contributed by atoms with Gasteiger partial charge in [0.2, 0.25) is 0 Å². The highest BCUT2D eigenvalue weighted by Crippen LogP contribution is 2.47. The maximum absolute atomic E-state index is 10.4. The van der Waals surface area contributed by atoms with Crippen LogP contribution in [0, 0.1) is 0 Å². The molecule has 1 aromatic carbocycles. The van der Waals surface area contributed by atoms with Crippen LogP contribution in [0.5, 0.6) is 0 Å². The van der Waals surface area contributed by atoms with E-state index in [1.807, 2.05) is 0 Å². The van der Waals surface area contributed by atoms with E-state index in [-0.39, 0.29) is 17.9 Å². The number of carbonyl (C=O) groups is 1. The Bertz CT molecular complexity index is 363. The lowest BCUT2D eigenvalue weighted by Crippen LogP contribution is -2.11. The molecule has 0 heterocycles. The van der Waals surface area contributed by atoms with Crippen molar-refractivity contribution in [1.29, 1.82) is 0 Å². The molecule has 1 atom stereocenters. The van der Waals surface area contributed by atoms with Crippen molar-refractivity contribution in [3.05, 3.63) is 35.4 Å². The molecule has 1 aliphatic rings. The van der Waals surface area contributed by atoms with E-state index in [0.717, 1.165) is 19.1 Å². The van der Waals surface area contributed by atoms with Crippen molar-refractivity contribution in [1.82, 2.24) is 0 Å². The van der Waals surface area contributed by atoms with E-state index in [2.05, 4.69) is 31.2 Å². The van der Waals surface area contributed by atoms with Gasteiger partial charge in [-0.3, -0.25) is 0 Å². The standard InChI is InChI=1S/C14H18O2/c1-11(6-9-15)12-2-4-13(5-3-12)14(10-16)7-8-14/h2-5,9,11,16H,6-8,10H2,1H3. The van der Waals surface area contributed by atoms with Gasteiger partial charge in [-0.15, -0.1) is 0 Å². The minimum Gasteiger partial charge on any atom is -0.395 e. The van der Waals surface area contributed by atoms with Crippen LogP contribution >= 0.6 is 0 Å². The smallest absolute Gasteiger partial charge is 0.120 e. The first kappa shape index (κ1) is 11.3. The fourth-order valence-corrected chi connectivity index (χ4v) is 2.13. The van der Waals surface area contributed by atoms with E-state index >= 15 is 0 Å². The Labute approximate surface area is 96.3 Å². The largest absolute Gasteiger partial charge is 0.395 e. The first-order valence-corrected chi connectivity index (χ1v) is 5.87. The predicted molar refractivity (Wildman–Crippen MR) is 63.5 cm³/mol. The average Bonchev–Trinajstić information content (AvgIpc) is 3.10. The molecule has 1 saturated carbocycles. The highest BCUT2D eigenvalue weighted by Gasteiger charge is 2.43. The second-order valence-electron chi connectivity index (χ2n) is 4.86. The molecule has 16 heavy (non-hydrogen) atoms. The van der Waals surface area contributed by atoms with Crippen molar-refractivity contribution in [3.8, 4) is 0 Å². The van der Waals surface area contributed by atoms with Crippen LogP contribution in [0.1, 0.15) is 43.2 Å². The Morgan fingerprint density at radius 2 is 2.00 bits per heavy atom. The molecule has 1 fully saturated rings. The molecule has 1 unspecified atom stereocenters. The Kier molecular flexibility index (Phi) is 3.10.